The van der Waals surface area contributed by atoms with Gasteiger partial charge in [-0.2, -0.15) is 10.2 Å². The Morgan fingerprint density at radius 3 is 2.53 bits per heavy atom. The largest absolute Gasteiger partial charge is 0.357 e. The molecule has 0 saturated heterocycles. The molecule has 0 unspecified atom stereocenters. The third kappa shape index (κ3) is 5.03. The van der Waals surface area contributed by atoms with E-state index in [9.17, 15) is 0 Å². The normalized spacial score (nSPS) is 11.5. The Kier molecular flexibility index (Phi) is 6.60. The summed E-state index contributed by atoms with van der Waals surface area (Å²) in [6.07, 6.45) is 3.21. The van der Waals surface area contributed by atoms with Gasteiger partial charge in [-0.25, -0.2) is 19.3 Å². The second kappa shape index (κ2) is 9.91. The average Bonchev–Trinajstić information content (AvgIpc) is 3.46. The van der Waals surface area contributed by atoms with E-state index < -0.39 is 0 Å². The third-order valence-corrected chi connectivity index (χ3v) is 5.06. The van der Waals surface area contributed by atoms with Gasteiger partial charge in [0.05, 0.1) is 23.6 Å². The molecule has 0 radical (unpaired) electrons. The maximum absolute atomic E-state index is 4.75. The number of benzene rings is 2. The van der Waals surface area contributed by atoms with E-state index in [2.05, 4.69) is 70.0 Å². The van der Waals surface area contributed by atoms with Crippen LogP contribution >= 0.6 is 0 Å². The van der Waals surface area contributed by atoms with E-state index in [4.69, 9.17) is 4.99 Å². The number of guanidine groups is 1. The number of hydrogen-bond acceptors (Lipinski definition) is 4. The predicted octanol–water partition coefficient (Wildman–Crippen LogP) is 3.33. The molecule has 2 aromatic heterocycles. The van der Waals surface area contributed by atoms with Crippen molar-refractivity contribution >= 4 is 5.96 Å². The first-order valence-electron chi connectivity index (χ1n) is 10.7. The molecule has 164 valence electrons. The Bertz CT molecular complexity index is 1170. The van der Waals surface area contributed by atoms with Crippen LogP contribution in [0.2, 0.25) is 0 Å². The second-order valence-electron chi connectivity index (χ2n) is 7.52. The van der Waals surface area contributed by atoms with Gasteiger partial charge in [0, 0.05) is 18.8 Å². The minimum atomic E-state index is 0.575. The fourth-order valence-corrected chi connectivity index (χ4v) is 3.53. The van der Waals surface area contributed by atoms with Crippen LogP contribution in [0, 0.1) is 13.8 Å². The van der Waals surface area contributed by atoms with Crippen LogP contribution in [-0.2, 0) is 13.1 Å². The Balaban J connectivity index is 1.45. The van der Waals surface area contributed by atoms with Crippen molar-refractivity contribution in [2.45, 2.75) is 33.9 Å². The van der Waals surface area contributed by atoms with E-state index in [-0.39, 0.29) is 0 Å². The van der Waals surface area contributed by atoms with Gasteiger partial charge in [-0.15, -0.1) is 0 Å². The minimum Gasteiger partial charge on any atom is -0.357 e. The van der Waals surface area contributed by atoms with Crippen molar-refractivity contribution in [3.63, 3.8) is 0 Å². The lowest BCUT2D eigenvalue weighted by molar-refractivity contribution is 0.783. The fraction of sp³-hybridized carbons (Fsp3) is 0.250. The number of aryl methyl sites for hydroxylation is 2. The van der Waals surface area contributed by atoms with Gasteiger partial charge < -0.3 is 10.6 Å². The molecule has 32 heavy (non-hydrogen) atoms. The molecular formula is C24H28N8. The van der Waals surface area contributed by atoms with E-state index in [1.54, 1.807) is 11.0 Å². The highest BCUT2D eigenvalue weighted by Gasteiger charge is 2.09. The highest BCUT2D eigenvalue weighted by Crippen LogP contribution is 2.17. The van der Waals surface area contributed by atoms with Crippen LogP contribution in [-0.4, -0.2) is 37.0 Å². The molecule has 0 bridgehead atoms. The van der Waals surface area contributed by atoms with Crippen LogP contribution in [0.4, 0.5) is 0 Å². The lowest BCUT2D eigenvalue weighted by atomic mass is 10.1. The topological polar surface area (TPSA) is 85.0 Å². The maximum Gasteiger partial charge on any atom is 0.191 e. The zero-order valence-corrected chi connectivity index (χ0v) is 18.7. The molecule has 2 heterocycles. The van der Waals surface area contributed by atoms with Gasteiger partial charge in [-0.3, -0.25) is 0 Å². The number of rotatable bonds is 7. The van der Waals surface area contributed by atoms with Crippen LogP contribution in [0.1, 0.15) is 29.4 Å². The summed E-state index contributed by atoms with van der Waals surface area (Å²) in [4.78, 5) is 8.74. The molecule has 0 saturated carbocycles. The average molecular weight is 429 g/mol. The van der Waals surface area contributed by atoms with Crippen molar-refractivity contribution in [3.05, 3.63) is 89.8 Å². The summed E-state index contributed by atoms with van der Waals surface area (Å²) in [6, 6.07) is 18.5. The zero-order valence-electron chi connectivity index (χ0n) is 18.7. The first-order valence-corrected chi connectivity index (χ1v) is 10.7. The lowest BCUT2D eigenvalue weighted by Gasteiger charge is -2.15. The minimum absolute atomic E-state index is 0.575. The standard InChI is InChI=1S/C24H28N8/c1-4-26-24(27-14-20-9-11-22(12-10-20)31-17-25-16-29-31)28-15-21-7-5-6-8-23(21)32-19(3)13-18(2)30-32/h5-13,16-17H,4,14-15H2,1-3H3,(H2,26,27,28). The zero-order chi connectivity index (χ0) is 22.3. The van der Waals surface area contributed by atoms with E-state index in [0.29, 0.717) is 13.1 Å². The number of nitrogens with one attached hydrogen (secondary N) is 2. The quantitative estimate of drug-likeness (QED) is 0.348. The molecule has 2 N–H and O–H groups in total. The maximum atomic E-state index is 4.75. The van der Waals surface area contributed by atoms with E-state index in [1.165, 1.54) is 6.33 Å². The van der Waals surface area contributed by atoms with Gasteiger partial charge in [0.1, 0.15) is 12.7 Å². The van der Waals surface area contributed by atoms with Crippen molar-refractivity contribution in [3.8, 4) is 11.4 Å². The van der Waals surface area contributed by atoms with E-state index in [1.807, 2.05) is 35.9 Å². The second-order valence-corrected chi connectivity index (χ2v) is 7.52. The highest BCUT2D eigenvalue weighted by molar-refractivity contribution is 5.79. The summed E-state index contributed by atoms with van der Waals surface area (Å²) in [6.45, 7) is 8.16. The van der Waals surface area contributed by atoms with Gasteiger partial charge in [-0.1, -0.05) is 30.3 Å². The molecule has 0 amide bonds. The van der Waals surface area contributed by atoms with Gasteiger partial charge in [-0.05, 0) is 56.2 Å². The summed E-state index contributed by atoms with van der Waals surface area (Å²) in [5, 5.41) is 15.6. The Morgan fingerprint density at radius 2 is 1.84 bits per heavy atom. The fourth-order valence-electron chi connectivity index (χ4n) is 3.53. The van der Waals surface area contributed by atoms with Crippen LogP contribution in [0.5, 0.6) is 0 Å². The Morgan fingerprint density at radius 1 is 1.03 bits per heavy atom. The summed E-state index contributed by atoms with van der Waals surface area (Å²) in [5.41, 5.74) is 6.45. The van der Waals surface area contributed by atoms with Gasteiger partial charge in [0.15, 0.2) is 5.96 Å². The van der Waals surface area contributed by atoms with E-state index >= 15 is 0 Å². The summed E-state index contributed by atoms with van der Waals surface area (Å²) in [7, 11) is 0. The molecule has 0 atom stereocenters. The number of nitrogens with zero attached hydrogens (tertiary/aromatic N) is 6. The summed E-state index contributed by atoms with van der Waals surface area (Å²) >= 11 is 0. The molecule has 2 aromatic carbocycles. The first kappa shape index (κ1) is 21.3. The van der Waals surface area contributed by atoms with Gasteiger partial charge >= 0.3 is 0 Å². The van der Waals surface area contributed by atoms with Crippen molar-refractivity contribution < 1.29 is 0 Å². The molecule has 0 aliphatic heterocycles. The van der Waals surface area contributed by atoms with E-state index in [0.717, 1.165) is 46.4 Å². The smallest absolute Gasteiger partial charge is 0.191 e. The molecule has 0 aliphatic rings. The van der Waals surface area contributed by atoms with Crippen molar-refractivity contribution in [1.82, 2.24) is 35.2 Å². The van der Waals surface area contributed by atoms with Gasteiger partial charge in [0.25, 0.3) is 0 Å². The highest BCUT2D eigenvalue weighted by atomic mass is 15.3. The number of hydrogen-bond donors (Lipinski definition) is 2. The van der Waals surface area contributed by atoms with Crippen molar-refractivity contribution in [2.24, 2.45) is 4.99 Å². The molecular weight excluding hydrogens is 400 g/mol. The van der Waals surface area contributed by atoms with Crippen LogP contribution in [0.3, 0.4) is 0 Å². The summed E-state index contributed by atoms with van der Waals surface area (Å²) < 4.78 is 3.73. The molecule has 0 fully saturated rings. The summed E-state index contributed by atoms with van der Waals surface area (Å²) in [5.74, 6) is 0.774. The monoisotopic (exact) mass is 428 g/mol. The third-order valence-electron chi connectivity index (χ3n) is 5.06. The van der Waals surface area contributed by atoms with Crippen LogP contribution < -0.4 is 10.6 Å². The molecule has 8 heteroatoms. The molecule has 8 nitrogen and oxygen atoms in total. The number of aliphatic imine (C=N–C) groups is 1. The van der Waals surface area contributed by atoms with Crippen LogP contribution in [0.25, 0.3) is 11.4 Å². The molecule has 0 aliphatic carbocycles. The van der Waals surface area contributed by atoms with Crippen molar-refractivity contribution in [2.75, 3.05) is 6.54 Å². The van der Waals surface area contributed by atoms with Crippen molar-refractivity contribution in [1.29, 1.82) is 0 Å². The Hall–Kier alpha value is -3.94. The van der Waals surface area contributed by atoms with Gasteiger partial charge in [0.2, 0.25) is 0 Å². The molecule has 4 rings (SSSR count). The predicted molar refractivity (Wildman–Crippen MR) is 126 cm³/mol. The van der Waals surface area contributed by atoms with Crippen LogP contribution in [0.15, 0.2) is 72.2 Å². The number of aromatic nitrogens is 5. The molecule has 4 aromatic rings. The SMILES string of the molecule is CCNC(=NCc1ccc(-n2cncn2)cc1)NCc1ccccc1-n1nc(C)cc1C. The Labute approximate surface area is 188 Å². The molecule has 0 spiro atoms. The first-order chi connectivity index (χ1) is 15.6. The number of para-hydroxylation sites is 1. The lowest BCUT2D eigenvalue weighted by Crippen LogP contribution is -2.37.